The second-order valence-electron chi connectivity index (χ2n) is 2.93. The van der Waals surface area contributed by atoms with Crippen molar-refractivity contribution in [2.24, 2.45) is 0 Å². The highest BCUT2D eigenvalue weighted by Gasteiger charge is 2.31. The van der Waals surface area contributed by atoms with Gasteiger partial charge in [-0.3, -0.25) is 0 Å². The third-order valence-corrected chi connectivity index (χ3v) is 2.34. The van der Waals surface area contributed by atoms with Crippen LogP contribution in [0.25, 0.3) is 0 Å². The molecule has 0 bridgehead atoms. The van der Waals surface area contributed by atoms with Crippen LogP contribution in [-0.4, -0.2) is 35.1 Å². The highest BCUT2D eigenvalue weighted by Crippen LogP contribution is 2.19. The molecule has 8 heteroatoms. The maximum absolute atomic E-state index is 12.3. The van der Waals surface area contributed by atoms with Gasteiger partial charge in [0.2, 0.25) is 5.95 Å². The third-order valence-electron chi connectivity index (χ3n) is 1.61. The molecule has 1 heterocycles. The van der Waals surface area contributed by atoms with Crippen LogP contribution in [0, 0.1) is 3.57 Å². The fourth-order valence-electron chi connectivity index (χ4n) is 1.04. The van der Waals surface area contributed by atoms with Crippen LogP contribution in [0.15, 0.2) is 12.4 Å². The van der Waals surface area contributed by atoms with Gasteiger partial charge in [0.25, 0.3) is 0 Å². The molecule has 0 amide bonds. The number of hydrogen-bond donors (Lipinski definition) is 0. The van der Waals surface area contributed by atoms with Crippen molar-refractivity contribution in [3.63, 3.8) is 0 Å². The number of nitrogens with zero attached hydrogens (tertiary/aromatic N) is 3. The van der Waals surface area contributed by atoms with Crippen LogP contribution < -0.4 is 4.90 Å². The van der Waals surface area contributed by atoms with Crippen LogP contribution in [0.3, 0.4) is 0 Å². The molecule has 0 unspecified atom stereocenters. The Kier molecular flexibility index (Phi) is 5.03. The molecule has 0 aliphatic rings. The summed E-state index contributed by atoms with van der Waals surface area (Å²) < 4.78 is 37.5. The monoisotopic (exact) mass is 365 g/mol. The lowest BCUT2D eigenvalue weighted by atomic mass is 10.5. The zero-order valence-electron chi connectivity index (χ0n) is 8.01. The fraction of sp³-hybridized carbons (Fsp3) is 0.500. The highest BCUT2D eigenvalue weighted by molar-refractivity contribution is 14.1. The number of alkyl halides is 4. The first-order chi connectivity index (χ1) is 7.42. The molecular formula is C8H8ClF3IN3. The smallest absolute Gasteiger partial charge is 0.331 e. The molecule has 0 N–H and O–H groups in total. The Morgan fingerprint density at radius 1 is 1.31 bits per heavy atom. The maximum atomic E-state index is 12.3. The molecule has 0 aliphatic carbocycles. The van der Waals surface area contributed by atoms with E-state index in [9.17, 15) is 13.2 Å². The first-order valence-electron chi connectivity index (χ1n) is 4.27. The predicted molar refractivity (Wildman–Crippen MR) is 63.7 cm³/mol. The molecule has 90 valence electrons. The van der Waals surface area contributed by atoms with Gasteiger partial charge in [-0.15, -0.1) is 11.6 Å². The molecule has 0 radical (unpaired) electrons. The summed E-state index contributed by atoms with van der Waals surface area (Å²) >= 11 is 7.42. The van der Waals surface area contributed by atoms with E-state index in [-0.39, 0.29) is 18.4 Å². The SMILES string of the molecule is FC(F)(F)CN(CCCl)c1ncc(I)cn1. The topological polar surface area (TPSA) is 29.0 Å². The number of halogens is 5. The molecular weight excluding hydrogens is 357 g/mol. The molecule has 3 nitrogen and oxygen atoms in total. The molecule has 1 aromatic heterocycles. The van der Waals surface area contributed by atoms with E-state index >= 15 is 0 Å². The van der Waals surface area contributed by atoms with Gasteiger partial charge < -0.3 is 4.90 Å². The Morgan fingerprint density at radius 2 is 1.88 bits per heavy atom. The summed E-state index contributed by atoms with van der Waals surface area (Å²) in [6.07, 6.45) is -1.38. The summed E-state index contributed by atoms with van der Waals surface area (Å²) in [6.45, 7) is -1.04. The summed E-state index contributed by atoms with van der Waals surface area (Å²) in [5, 5.41) is 0. The summed E-state index contributed by atoms with van der Waals surface area (Å²) in [5.74, 6) is 0.129. The Bertz CT molecular complexity index is 330. The molecule has 0 aliphatic heterocycles. The fourth-order valence-corrected chi connectivity index (χ4v) is 1.52. The van der Waals surface area contributed by atoms with Gasteiger partial charge in [-0.25, -0.2) is 9.97 Å². The maximum Gasteiger partial charge on any atom is 0.406 e. The van der Waals surface area contributed by atoms with E-state index in [0.29, 0.717) is 0 Å². The highest BCUT2D eigenvalue weighted by atomic mass is 127. The minimum atomic E-state index is -4.29. The first kappa shape index (κ1) is 13.8. The Morgan fingerprint density at radius 3 is 2.31 bits per heavy atom. The Balaban J connectivity index is 2.80. The lowest BCUT2D eigenvalue weighted by molar-refractivity contribution is -0.119. The Hall–Kier alpha value is -0.310. The molecule has 0 aromatic carbocycles. The van der Waals surface area contributed by atoms with Gasteiger partial charge in [0.05, 0.1) is 0 Å². The molecule has 0 fully saturated rings. The van der Waals surface area contributed by atoms with Gasteiger partial charge in [0.1, 0.15) is 6.54 Å². The Labute approximate surface area is 109 Å². The van der Waals surface area contributed by atoms with Crippen LogP contribution in [0.5, 0.6) is 0 Å². The largest absolute Gasteiger partial charge is 0.406 e. The van der Waals surface area contributed by atoms with E-state index in [4.69, 9.17) is 11.6 Å². The average Bonchev–Trinajstić information content (AvgIpc) is 2.16. The predicted octanol–water partition coefficient (Wildman–Crippen LogP) is 2.69. The summed E-state index contributed by atoms with van der Waals surface area (Å²) in [7, 11) is 0. The molecule has 1 aromatic rings. The van der Waals surface area contributed by atoms with E-state index < -0.39 is 12.7 Å². The molecule has 0 spiro atoms. The van der Waals surface area contributed by atoms with Crippen molar-refractivity contribution in [1.82, 2.24) is 9.97 Å². The molecule has 0 atom stereocenters. The summed E-state index contributed by atoms with van der Waals surface area (Å²) in [4.78, 5) is 8.66. The van der Waals surface area contributed by atoms with Crippen LogP contribution in [0.4, 0.5) is 19.1 Å². The van der Waals surface area contributed by atoms with E-state index in [2.05, 4.69) is 9.97 Å². The minimum absolute atomic E-state index is 0.0402. The van der Waals surface area contributed by atoms with Gasteiger partial charge in [0, 0.05) is 28.4 Å². The number of aromatic nitrogens is 2. The number of anilines is 1. The minimum Gasteiger partial charge on any atom is -0.331 e. The second kappa shape index (κ2) is 5.85. The lowest BCUT2D eigenvalue weighted by Gasteiger charge is -2.22. The van der Waals surface area contributed by atoms with Crippen molar-refractivity contribution in [3.8, 4) is 0 Å². The third kappa shape index (κ3) is 4.69. The van der Waals surface area contributed by atoms with Gasteiger partial charge in [0.15, 0.2) is 0 Å². The van der Waals surface area contributed by atoms with E-state index in [0.717, 1.165) is 8.47 Å². The van der Waals surface area contributed by atoms with Gasteiger partial charge >= 0.3 is 6.18 Å². The second-order valence-corrected chi connectivity index (χ2v) is 4.55. The molecule has 16 heavy (non-hydrogen) atoms. The van der Waals surface area contributed by atoms with Crippen LogP contribution in [0.1, 0.15) is 0 Å². The van der Waals surface area contributed by atoms with Crippen molar-refractivity contribution >= 4 is 40.1 Å². The quantitative estimate of drug-likeness (QED) is 0.607. The van der Waals surface area contributed by atoms with Crippen molar-refractivity contribution in [3.05, 3.63) is 16.0 Å². The van der Waals surface area contributed by atoms with E-state index in [1.165, 1.54) is 12.4 Å². The van der Waals surface area contributed by atoms with Crippen molar-refractivity contribution in [2.45, 2.75) is 6.18 Å². The normalized spacial score (nSPS) is 11.6. The van der Waals surface area contributed by atoms with Gasteiger partial charge in [-0.05, 0) is 22.6 Å². The van der Waals surface area contributed by atoms with Crippen LogP contribution >= 0.6 is 34.2 Å². The van der Waals surface area contributed by atoms with Crippen molar-refractivity contribution < 1.29 is 13.2 Å². The number of rotatable bonds is 4. The first-order valence-corrected chi connectivity index (χ1v) is 5.89. The van der Waals surface area contributed by atoms with E-state index in [1.54, 1.807) is 0 Å². The van der Waals surface area contributed by atoms with Gasteiger partial charge in [-0.2, -0.15) is 13.2 Å². The van der Waals surface area contributed by atoms with Gasteiger partial charge in [-0.1, -0.05) is 0 Å². The van der Waals surface area contributed by atoms with Crippen molar-refractivity contribution in [1.29, 1.82) is 0 Å². The molecule has 0 saturated heterocycles. The number of hydrogen-bond acceptors (Lipinski definition) is 3. The standard InChI is InChI=1S/C8H8ClF3IN3/c9-1-2-16(5-8(10,11)12)7-14-3-6(13)4-15-7/h3-4H,1-2,5H2. The van der Waals surface area contributed by atoms with Crippen molar-refractivity contribution in [2.75, 3.05) is 23.9 Å². The zero-order chi connectivity index (χ0) is 12.2. The zero-order valence-corrected chi connectivity index (χ0v) is 10.9. The average molecular weight is 366 g/mol. The molecule has 0 saturated carbocycles. The lowest BCUT2D eigenvalue weighted by Crippen LogP contribution is -2.36. The van der Waals surface area contributed by atoms with E-state index in [1.807, 2.05) is 22.6 Å². The summed E-state index contributed by atoms with van der Waals surface area (Å²) in [6, 6.07) is 0. The summed E-state index contributed by atoms with van der Waals surface area (Å²) in [5.41, 5.74) is 0. The van der Waals surface area contributed by atoms with Crippen LogP contribution in [-0.2, 0) is 0 Å². The molecule has 1 rings (SSSR count). The van der Waals surface area contributed by atoms with Crippen LogP contribution in [0.2, 0.25) is 0 Å².